The molecule has 2 aromatic heterocycles. The molecule has 1 atom stereocenters. The zero-order valence-electron chi connectivity index (χ0n) is 21.0. The fourth-order valence-electron chi connectivity index (χ4n) is 6.32. The van der Waals surface area contributed by atoms with E-state index < -0.39 is 10.8 Å². The van der Waals surface area contributed by atoms with E-state index in [1.165, 1.54) is 12.3 Å². The highest BCUT2D eigenvalue weighted by Crippen LogP contribution is 2.42. The molecule has 0 radical (unpaired) electrons. The molecule has 38 heavy (non-hydrogen) atoms. The van der Waals surface area contributed by atoms with Crippen LogP contribution < -0.4 is 9.80 Å². The molecule has 1 unspecified atom stereocenters. The quantitative estimate of drug-likeness (QED) is 0.503. The van der Waals surface area contributed by atoms with E-state index in [1.54, 1.807) is 12.4 Å². The van der Waals surface area contributed by atoms with Crippen LogP contribution in [0.2, 0.25) is 0 Å². The van der Waals surface area contributed by atoms with Gasteiger partial charge in [-0.15, -0.1) is 0 Å². The molecule has 0 N–H and O–H groups in total. The number of morpholine rings is 1. The smallest absolute Gasteiger partial charge is 0.253 e. The van der Waals surface area contributed by atoms with E-state index in [-0.39, 0.29) is 23.2 Å². The normalized spacial score (nSPS) is 23.1. The van der Waals surface area contributed by atoms with Crippen LogP contribution in [0.25, 0.3) is 11.0 Å². The molecule has 0 saturated carbocycles. The van der Waals surface area contributed by atoms with Crippen LogP contribution in [-0.2, 0) is 15.5 Å². The maximum Gasteiger partial charge on any atom is 0.253 e. The number of pyridine rings is 1. The molecule has 0 bridgehead atoms. The first-order valence-electron chi connectivity index (χ1n) is 13.1. The zero-order valence-corrected chi connectivity index (χ0v) is 21.8. The topological polar surface area (TPSA) is 91.8 Å². The Labute approximate surface area is 222 Å². The molecule has 198 valence electrons. The van der Waals surface area contributed by atoms with Crippen LogP contribution >= 0.6 is 0 Å². The Morgan fingerprint density at radius 3 is 2.66 bits per heavy atom. The minimum atomic E-state index is -0.741. The van der Waals surface area contributed by atoms with Crippen molar-refractivity contribution in [3.05, 3.63) is 53.7 Å². The van der Waals surface area contributed by atoms with E-state index in [9.17, 15) is 13.4 Å². The molecule has 1 aromatic carbocycles. The number of aromatic nitrogens is 3. The summed E-state index contributed by atoms with van der Waals surface area (Å²) in [6, 6.07) is 5.22. The SMILES string of the molecule is O=C(c1cc(C2CCCN2c2cncc(F)c2)c2nc(N3CCOCC3)cnc2c1)N1CC2(C1)CS(=O)C2. The summed E-state index contributed by atoms with van der Waals surface area (Å²) in [6.45, 7) is 4.85. The van der Waals surface area contributed by atoms with Crippen molar-refractivity contribution in [1.29, 1.82) is 0 Å². The Kier molecular flexibility index (Phi) is 5.81. The summed E-state index contributed by atoms with van der Waals surface area (Å²) in [5, 5.41) is 0. The van der Waals surface area contributed by atoms with Crippen molar-refractivity contribution in [2.45, 2.75) is 18.9 Å². The molecule has 9 nitrogen and oxygen atoms in total. The van der Waals surface area contributed by atoms with Gasteiger partial charge in [0.2, 0.25) is 0 Å². The predicted octanol–water partition coefficient (Wildman–Crippen LogP) is 2.55. The Balaban J connectivity index is 1.28. The lowest BCUT2D eigenvalue weighted by Gasteiger charge is -2.54. The molecule has 11 heteroatoms. The minimum Gasteiger partial charge on any atom is -0.378 e. The molecule has 0 aliphatic carbocycles. The van der Waals surface area contributed by atoms with Gasteiger partial charge < -0.3 is 19.4 Å². The van der Waals surface area contributed by atoms with Gasteiger partial charge in [0.05, 0.1) is 54.6 Å². The number of hydrogen-bond donors (Lipinski definition) is 0. The van der Waals surface area contributed by atoms with Crippen LogP contribution in [0.5, 0.6) is 0 Å². The van der Waals surface area contributed by atoms with E-state index in [4.69, 9.17) is 14.7 Å². The van der Waals surface area contributed by atoms with E-state index in [2.05, 4.69) is 14.8 Å². The number of nitrogens with zero attached hydrogens (tertiary/aromatic N) is 6. The molecular weight excluding hydrogens is 507 g/mol. The van der Waals surface area contributed by atoms with Crippen molar-refractivity contribution in [2.24, 2.45) is 5.41 Å². The average Bonchev–Trinajstić information content (AvgIpc) is 3.39. The summed E-state index contributed by atoms with van der Waals surface area (Å²) in [7, 11) is -0.741. The second-order valence-corrected chi connectivity index (χ2v) is 12.3. The van der Waals surface area contributed by atoms with Gasteiger partial charge >= 0.3 is 0 Å². The Hall–Kier alpha value is -3.18. The molecule has 4 saturated heterocycles. The first-order valence-corrected chi connectivity index (χ1v) is 14.6. The fraction of sp³-hybridized carbons (Fsp3) is 0.481. The van der Waals surface area contributed by atoms with Gasteiger partial charge in [0.25, 0.3) is 5.91 Å². The summed E-state index contributed by atoms with van der Waals surface area (Å²) >= 11 is 0. The van der Waals surface area contributed by atoms with Gasteiger partial charge in [-0.05, 0) is 25.0 Å². The van der Waals surface area contributed by atoms with E-state index in [0.717, 1.165) is 55.1 Å². The maximum atomic E-state index is 14.1. The number of hydrogen-bond acceptors (Lipinski definition) is 8. The maximum absolute atomic E-state index is 14.1. The van der Waals surface area contributed by atoms with Gasteiger partial charge in [-0.2, -0.15) is 0 Å². The summed E-state index contributed by atoms with van der Waals surface area (Å²) in [6.07, 6.45) is 6.46. The van der Waals surface area contributed by atoms with Crippen LogP contribution in [0.4, 0.5) is 15.9 Å². The number of carbonyl (C=O) groups is 1. The Morgan fingerprint density at radius 2 is 1.89 bits per heavy atom. The van der Waals surface area contributed by atoms with Crippen molar-refractivity contribution in [1.82, 2.24) is 19.9 Å². The molecule has 4 aliphatic rings. The third kappa shape index (κ3) is 4.12. The molecule has 7 rings (SSSR count). The average molecular weight is 537 g/mol. The number of ether oxygens (including phenoxy) is 1. The third-order valence-corrected chi connectivity index (χ3v) is 10.0. The van der Waals surface area contributed by atoms with Gasteiger partial charge in [-0.1, -0.05) is 0 Å². The lowest BCUT2D eigenvalue weighted by molar-refractivity contribution is 0.0216. The van der Waals surface area contributed by atoms with Crippen molar-refractivity contribution in [2.75, 3.05) is 67.2 Å². The lowest BCUT2D eigenvalue weighted by atomic mass is 9.82. The fourth-order valence-corrected chi connectivity index (χ4v) is 7.97. The molecule has 1 amide bonds. The van der Waals surface area contributed by atoms with E-state index in [1.807, 2.05) is 17.0 Å². The van der Waals surface area contributed by atoms with Gasteiger partial charge in [0.15, 0.2) is 0 Å². The van der Waals surface area contributed by atoms with Gasteiger partial charge in [-0.3, -0.25) is 19.0 Å². The summed E-state index contributed by atoms with van der Waals surface area (Å²) < 4.78 is 31.3. The number of anilines is 2. The highest BCUT2D eigenvalue weighted by Gasteiger charge is 2.53. The van der Waals surface area contributed by atoms with Gasteiger partial charge in [0.1, 0.15) is 11.6 Å². The first-order chi connectivity index (χ1) is 18.5. The summed E-state index contributed by atoms with van der Waals surface area (Å²) in [4.78, 5) is 33.6. The molecular formula is C27H29FN6O3S. The number of halogens is 1. The number of fused-ring (bicyclic) bond motifs is 1. The van der Waals surface area contributed by atoms with Crippen LogP contribution in [0.1, 0.15) is 34.8 Å². The minimum absolute atomic E-state index is 0.0347. The van der Waals surface area contributed by atoms with Crippen molar-refractivity contribution < 1.29 is 18.1 Å². The summed E-state index contributed by atoms with van der Waals surface area (Å²) in [5.41, 5.74) is 3.71. The molecule has 1 spiro atoms. The molecule has 3 aromatic rings. The predicted molar refractivity (Wildman–Crippen MR) is 142 cm³/mol. The monoisotopic (exact) mass is 536 g/mol. The lowest BCUT2D eigenvalue weighted by Crippen LogP contribution is -2.67. The Bertz CT molecular complexity index is 1430. The second-order valence-electron chi connectivity index (χ2n) is 10.9. The largest absolute Gasteiger partial charge is 0.378 e. The van der Waals surface area contributed by atoms with Gasteiger partial charge in [0, 0.05) is 77.6 Å². The molecule has 4 fully saturated rings. The van der Waals surface area contributed by atoms with Crippen LogP contribution in [0.15, 0.2) is 36.8 Å². The van der Waals surface area contributed by atoms with Crippen molar-refractivity contribution >= 4 is 39.2 Å². The van der Waals surface area contributed by atoms with E-state index in [0.29, 0.717) is 48.9 Å². The number of likely N-dealkylation sites (tertiary alicyclic amines) is 1. The summed E-state index contributed by atoms with van der Waals surface area (Å²) in [5.74, 6) is 1.76. The number of benzene rings is 1. The van der Waals surface area contributed by atoms with Crippen LogP contribution in [0.3, 0.4) is 0 Å². The number of rotatable bonds is 4. The van der Waals surface area contributed by atoms with Crippen molar-refractivity contribution in [3.63, 3.8) is 0 Å². The number of carbonyl (C=O) groups excluding carboxylic acids is 1. The highest BCUT2D eigenvalue weighted by atomic mass is 32.2. The Morgan fingerprint density at radius 1 is 1.08 bits per heavy atom. The van der Waals surface area contributed by atoms with Gasteiger partial charge in [-0.25, -0.2) is 9.37 Å². The second kappa shape index (κ2) is 9.23. The highest BCUT2D eigenvalue weighted by molar-refractivity contribution is 7.86. The zero-order chi connectivity index (χ0) is 25.9. The van der Waals surface area contributed by atoms with E-state index >= 15 is 0 Å². The molecule has 4 aliphatic heterocycles. The van der Waals surface area contributed by atoms with Crippen molar-refractivity contribution in [3.8, 4) is 0 Å². The third-order valence-electron chi connectivity index (χ3n) is 8.15. The standard InChI is InChI=1S/C27H29FN6O3S/c28-19-10-20(12-29-11-19)34-3-1-2-23(34)21-8-18(26(35)33-14-27(15-33)16-38(36)17-27)9-22-25(21)31-24(13-30-22)32-4-6-37-7-5-32/h8-13,23H,1-7,14-17H2. The first kappa shape index (κ1) is 23.9. The van der Waals surface area contributed by atoms with Crippen LogP contribution in [0, 0.1) is 11.2 Å². The molecule has 6 heterocycles. The number of amides is 1. The van der Waals surface area contributed by atoms with Crippen LogP contribution in [-0.4, -0.2) is 87.4 Å².